The molecule has 0 fully saturated rings. The maximum atomic E-state index is 10.3. The molecule has 0 spiro atoms. The van der Waals surface area contributed by atoms with Crippen molar-refractivity contribution < 1.29 is 19.7 Å². The van der Waals surface area contributed by atoms with Gasteiger partial charge in [-0.1, -0.05) is 38.1 Å². The number of rotatable bonds is 9. The number of methoxy groups -OCH3 is 1. The zero-order valence-electron chi connectivity index (χ0n) is 14.0. The van der Waals surface area contributed by atoms with E-state index in [9.17, 15) is 10.2 Å². The van der Waals surface area contributed by atoms with E-state index in [4.69, 9.17) is 9.47 Å². The van der Waals surface area contributed by atoms with Crippen molar-refractivity contribution >= 4 is 0 Å². The van der Waals surface area contributed by atoms with Gasteiger partial charge in [-0.25, -0.2) is 0 Å². The van der Waals surface area contributed by atoms with E-state index in [-0.39, 0.29) is 11.8 Å². The molecule has 0 saturated carbocycles. The largest absolute Gasteiger partial charge is 0.497 e. The highest BCUT2D eigenvalue weighted by Gasteiger charge is 2.27. The van der Waals surface area contributed by atoms with E-state index in [1.54, 1.807) is 14.0 Å². The van der Waals surface area contributed by atoms with Crippen molar-refractivity contribution in [3.8, 4) is 5.75 Å². The van der Waals surface area contributed by atoms with Crippen LogP contribution in [0.1, 0.15) is 26.3 Å². The van der Waals surface area contributed by atoms with Gasteiger partial charge in [-0.3, -0.25) is 0 Å². The van der Waals surface area contributed by atoms with E-state index in [0.717, 1.165) is 11.3 Å². The molecule has 0 aliphatic heterocycles. The van der Waals surface area contributed by atoms with Crippen LogP contribution in [0.3, 0.4) is 0 Å². The molecule has 124 valence electrons. The van der Waals surface area contributed by atoms with Crippen LogP contribution in [-0.4, -0.2) is 36.1 Å². The molecule has 4 heteroatoms. The molecule has 0 aliphatic rings. The standard InChI is InChI=1S/C18H28O4/c1-12(2)17(19)14(4)18(20)13(3)10-22-11-15-6-8-16(21-5)9-7-15/h6-9,13-14,17-20H,1,10-11H2,2-5H3. The van der Waals surface area contributed by atoms with Crippen LogP contribution in [0.4, 0.5) is 0 Å². The lowest BCUT2D eigenvalue weighted by Crippen LogP contribution is -2.36. The van der Waals surface area contributed by atoms with Crippen LogP contribution < -0.4 is 4.74 Å². The Bertz CT molecular complexity index is 455. The summed E-state index contributed by atoms with van der Waals surface area (Å²) < 4.78 is 10.8. The fourth-order valence-electron chi connectivity index (χ4n) is 2.34. The fourth-order valence-corrected chi connectivity index (χ4v) is 2.34. The first-order valence-electron chi connectivity index (χ1n) is 7.59. The van der Waals surface area contributed by atoms with Gasteiger partial charge in [-0.15, -0.1) is 0 Å². The molecular formula is C18H28O4. The normalized spacial score (nSPS) is 16.6. The number of benzene rings is 1. The summed E-state index contributed by atoms with van der Waals surface area (Å²) in [4.78, 5) is 0. The minimum absolute atomic E-state index is 0.0674. The lowest BCUT2D eigenvalue weighted by molar-refractivity contribution is -0.0253. The van der Waals surface area contributed by atoms with Crippen molar-refractivity contribution in [1.82, 2.24) is 0 Å². The number of hydrogen-bond acceptors (Lipinski definition) is 4. The molecular weight excluding hydrogens is 280 g/mol. The monoisotopic (exact) mass is 308 g/mol. The van der Waals surface area contributed by atoms with Gasteiger partial charge in [0.25, 0.3) is 0 Å². The third kappa shape index (κ3) is 5.44. The molecule has 0 saturated heterocycles. The van der Waals surface area contributed by atoms with Crippen LogP contribution >= 0.6 is 0 Å². The number of hydrogen-bond donors (Lipinski definition) is 2. The zero-order valence-corrected chi connectivity index (χ0v) is 14.0. The Morgan fingerprint density at radius 1 is 1.18 bits per heavy atom. The van der Waals surface area contributed by atoms with E-state index in [2.05, 4.69) is 6.58 Å². The summed E-state index contributed by atoms with van der Waals surface area (Å²) in [5.41, 5.74) is 1.72. The molecule has 0 aliphatic carbocycles. The lowest BCUT2D eigenvalue weighted by atomic mass is 9.87. The fraction of sp³-hybridized carbons (Fsp3) is 0.556. The highest BCUT2D eigenvalue weighted by molar-refractivity contribution is 5.26. The molecule has 0 amide bonds. The first kappa shape index (κ1) is 18.7. The zero-order chi connectivity index (χ0) is 16.7. The van der Waals surface area contributed by atoms with Crippen molar-refractivity contribution in [2.24, 2.45) is 11.8 Å². The van der Waals surface area contributed by atoms with Crippen molar-refractivity contribution in [1.29, 1.82) is 0 Å². The average molecular weight is 308 g/mol. The maximum Gasteiger partial charge on any atom is 0.118 e. The molecule has 1 aromatic carbocycles. The van der Waals surface area contributed by atoms with Gasteiger partial charge in [0.2, 0.25) is 0 Å². The van der Waals surface area contributed by atoms with Crippen LogP contribution in [0.15, 0.2) is 36.4 Å². The van der Waals surface area contributed by atoms with Crippen molar-refractivity contribution in [2.45, 2.75) is 39.6 Å². The number of ether oxygens (including phenoxy) is 2. The second-order valence-electron chi connectivity index (χ2n) is 5.98. The van der Waals surface area contributed by atoms with Crippen LogP contribution in [0, 0.1) is 11.8 Å². The summed E-state index contributed by atoms with van der Waals surface area (Å²) in [6.45, 7) is 10.1. The van der Waals surface area contributed by atoms with E-state index in [1.165, 1.54) is 0 Å². The first-order valence-corrected chi connectivity index (χ1v) is 7.59. The van der Waals surface area contributed by atoms with E-state index >= 15 is 0 Å². The SMILES string of the molecule is C=C(C)C(O)C(C)C(O)C(C)COCc1ccc(OC)cc1. The molecule has 1 rings (SSSR count). The van der Waals surface area contributed by atoms with E-state index < -0.39 is 12.2 Å². The highest BCUT2D eigenvalue weighted by atomic mass is 16.5. The van der Waals surface area contributed by atoms with Gasteiger partial charge in [-0.05, 0) is 24.6 Å². The van der Waals surface area contributed by atoms with Gasteiger partial charge in [0.1, 0.15) is 5.75 Å². The van der Waals surface area contributed by atoms with Gasteiger partial charge in [0.05, 0.1) is 32.5 Å². The smallest absolute Gasteiger partial charge is 0.118 e. The number of aliphatic hydroxyl groups is 2. The molecule has 0 heterocycles. The van der Waals surface area contributed by atoms with Crippen LogP contribution in [0.5, 0.6) is 5.75 Å². The number of aliphatic hydroxyl groups excluding tert-OH is 2. The third-order valence-corrected chi connectivity index (χ3v) is 3.93. The molecule has 4 atom stereocenters. The average Bonchev–Trinajstić information content (AvgIpc) is 2.53. The Hall–Kier alpha value is -1.36. The summed E-state index contributed by atoms with van der Waals surface area (Å²) in [6, 6.07) is 7.69. The molecule has 2 N–H and O–H groups in total. The predicted octanol–water partition coefficient (Wildman–Crippen LogP) is 2.78. The van der Waals surface area contributed by atoms with Gasteiger partial charge >= 0.3 is 0 Å². The second kappa shape index (κ2) is 8.93. The first-order chi connectivity index (χ1) is 10.4. The summed E-state index contributed by atoms with van der Waals surface area (Å²) in [7, 11) is 1.63. The van der Waals surface area contributed by atoms with Crippen molar-refractivity contribution in [2.75, 3.05) is 13.7 Å². The van der Waals surface area contributed by atoms with Gasteiger partial charge in [-0.2, -0.15) is 0 Å². The van der Waals surface area contributed by atoms with E-state index in [1.807, 2.05) is 38.1 Å². The van der Waals surface area contributed by atoms with E-state index in [0.29, 0.717) is 18.8 Å². The minimum Gasteiger partial charge on any atom is -0.497 e. The summed E-state index contributed by atoms with van der Waals surface area (Å²) in [5, 5.41) is 20.2. The van der Waals surface area contributed by atoms with Gasteiger partial charge in [0, 0.05) is 11.8 Å². The van der Waals surface area contributed by atoms with Crippen molar-refractivity contribution in [3.63, 3.8) is 0 Å². The predicted molar refractivity (Wildman–Crippen MR) is 87.8 cm³/mol. The van der Waals surface area contributed by atoms with Gasteiger partial charge in [0.15, 0.2) is 0 Å². The maximum absolute atomic E-state index is 10.3. The Labute approximate surface area is 133 Å². The summed E-state index contributed by atoms with van der Waals surface area (Å²) >= 11 is 0. The molecule has 1 aromatic rings. The topological polar surface area (TPSA) is 58.9 Å². The van der Waals surface area contributed by atoms with Crippen LogP contribution in [0.25, 0.3) is 0 Å². The van der Waals surface area contributed by atoms with Crippen LogP contribution in [0.2, 0.25) is 0 Å². The highest BCUT2D eigenvalue weighted by Crippen LogP contribution is 2.21. The molecule has 0 bridgehead atoms. The molecule has 22 heavy (non-hydrogen) atoms. The van der Waals surface area contributed by atoms with Crippen LogP contribution in [-0.2, 0) is 11.3 Å². The van der Waals surface area contributed by atoms with Crippen molar-refractivity contribution in [3.05, 3.63) is 42.0 Å². The Morgan fingerprint density at radius 2 is 1.77 bits per heavy atom. The second-order valence-corrected chi connectivity index (χ2v) is 5.98. The molecule has 0 radical (unpaired) electrons. The Balaban J connectivity index is 2.41. The molecule has 4 nitrogen and oxygen atoms in total. The van der Waals surface area contributed by atoms with Gasteiger partial charge < -0.3 is 19.7 Å². The molecule has 4 unspecified atom stereocenters. The Morgan fingerprint density at radius 3 is 2.27 bits per heavy atom. The Kier molecular flexibility index (Phi) is 7.59. The summed E-state index contributed by atoms with van der Waals surface area (Å²) in [5.74, 6) is 0.481. The quantitative estimate of drug-likeness (QED) is 0.689. The minimum atomic E-state index is -0.695. The lowest BCUT2D eigenvalue weighted by Gasteiger charge is -2.28. The third-order valence-electron chi connectivity index (χ3n) is 3.93. The molecule has 0 aromatic heterocycles. The summed E-state index contributed by atoms with van der Waals surface area (Å²) in [6.07, 6.45) is -1.33.